The molecular weight excluding hydrogens is 376 g/mol. The van der Waals surface area contributed by atoms with Crippen molar-refractivity contribution in [2.45, 2.75) is 19.9 Å². The highest BCUT2D eigenvalue weighted by atomic mass is 16.5. The Morgan fingerprint density at radius 1 is 1.21 bits per heavy atom. The summed E-state index contributed by atoms with van der Waals surface area (Å²) in [7, 11) is 4.47. The quantitative estimate of drug-likeness (QED) is 0.671. The van der Waals surface area contributed by atoms with Gasteiger partial charge in [-0.15, -0.1) is 0 Å². The maximum absolute atomic E-state index is 13.1. The molecule has 0 radical (unpaired) electrons. The fraction of sp³-hybridized carbons (Fsp3) is 0.300. The summed E-state index contributed by atoms with van der Waals surface area (Å²) in [6.45, 7) is 1.46. The molecule has 0 saturated heterocycles. The van der Waals surface area contributed by atoms with E-state index >= 15 is 0 Å². The first-order valence-electron chi connectivity index (χ1n) is 9.00. The predicted molar refractivity (Wildman–Crippen MR) is 109 cm³/mol. The Labute approximate surface area is 166 Å². The molecule has 0 unspecified atom stereocenters. The highest BCUT2D eigenvalue weighted by molar-refractivity contribution is 5.91. The molecule has 2 heterocycles. The van der Waals surface area contributed by atoms with Crippen molar-refractivity contribution in [3.8, 4) is 11.5 Å². The van der Waals surface area contributed by atoms with Crippen molar-refractivity contribution in [3.05, 3.63) is 56.9 Å². The molecule has 1 aromatic carbocycles. The topological polar surface area (TPSA) is 104 Å². The maximum Gasteiger partial charge on any atom is 0.332 e. The number of aryl methyl sites for hydroxylation is 2. The summed E-state index contributed by atoms with van der Waals surface area (Å²) in [5.41, 5.74) is 0.180. The molecule has 3 aromatic rings. The summed E-state index contributed by atoms with van der Waals surface area (Å²) >= 11 is 0. The summed E-state index contributed by atoms with van der Waals surface area (Å²) in [5.74, 6) is 0.417. The normalized spacial score (nSPS) is 10.8. The van der Waals surface area contributed by atoms with E-state index in [4.69, 9.17) is 9.47 Å². The number of ether oxygens (including phenoxy) is 2. The number of carbonyl (C=O) groups excluding carboxylic acids is 1. The van der Waals surface area contributed by atoms with E-state index in [1.54, 1.807) is 30.5 Å². The van der Waals surface area contributed by atoms with Crippen LogP contribution in [0.3, 0.4) is 0 Å². The average molecular weight is 398 g/mol. The molecule has 29 heavy (non-hydrogen) atoms. The van der Waals surface area contributed by atoms with Gasteiger partial charge < -0.3 is 14.8 Å². The molecule has 9 nitrogen and oxygen atoms in total. The lowest BCUT2D eigenvalue weighted by Crippen LogP contribution is -2.42. The van der Waals surface area contributed by atoms with E-state index in [0.717, 1.165) is 10.1 Å². The van der Waals surface area contributed by atoms with Gasteiger partial charge in [0.15, 0.2) is 5.65 Å². The van der Waals surface area contributed by atoms with Crippen LogP contribution in [0.4, 0.5) is 5.69 Å². The van der Waals surface area contributed by atoms with Gasteiger partial charge >= 0.3 is 5.69 Å². The standard InChI is InChI=1S/C20H22N4O5/c1-5-12-10-21-18-16(17(12)29-4)19(26)24(20(27)23(18)2)11-15(25)22-13-7-6-8-14(9-13)28-3/h6-10H,5,11H2,1-4H3,(H,22,25). The van der Waals surface area contributed by atoms with Gasteiger partial charge in [0.2, 0.25) is 5.91 Å². The maximum atomic E-state index is 13.1. The largest absolute Gasteiger partial charge is 0.497 e. The second kappa shape index (κ2) is 8.17. The van der Waals surface area contributed by atoms with E-state index < -0.39 is 23.7 Å². The van der Waals surface area contributed by atoms with Crippen LogP contribution in [0.25, 0.3) is 11.0 Å². The fourth-order valence-electron chi connectivity index (χ4n) is 3.13. The Morgan fingerprint density at radius 3 is 2.62 bits per heavy atom. The molecule has 0 spiro atoms. The van der Waals surface area contributed by atoms with Crippen LogP contribution in [-0.2, 0) is 24.8 Å². The van der Waals surface area contributed by atoms with Gasteiger partial charge in [-0.05, 0) is 18.6 Å². The molecule has 0 aliphatic rings. The Morgan fingerprint density at radius 2 is 1.97 bits per heavy atom. The summed E-state index contributed by atoms with van der Waals surface area (Å²) < 4.78 is 12.7. The Balaban J connectivity index is 2.06. The Hall–Kier alpha value is -3.62. The zero-order chi connectivity index (χ0) is 21.1. The van der Waals surface area contributed by atoms with Crippen LogP contribution in [-0.4, -0.2) is 34.2 Å². The molecule has 0 aliphatic carbocycles. The molecule has 9 heteroatoms. The van der Waals surface area contributed by atoms with Crippen LogP contribution in [0.5, 0.6) is 11.5 Å². The SMILES string of the molecule is CCc1cnc2c(c1OC)c(=O)n(CC(=O)Nc1cccc(OC)c1)c(=O)n2C. The lowest BCUT2D eigenvalue weighted by molar-refractivity contribution is -0.116. The van der Waals surface area contributed by atoms with E-state index in [-0.39, 0.29) is 11.0 Å². The Kier molecular flexibility index (Phi) is 5.67. The highest BCUT2D eigenvalue weighted by Gasteiger charge is 2.20. The van der Waals surface area contributed by atoms with Gasteiger partial charge in [0.05, 0.1) is 14.2 Å². The number of methoxy groups -OCH3 is 2. The molecule has 0 saturated carbocycles. The van der Waals surface area contributed by atoms with E-state index in [0.29, 0.717) is 23.6 Å². The molecule has 0 aliphatic heterocycles. The van der Waals surface area contributed by atoms with Gasteiger partial charge in [-0.1, -0.05) is 13.0 Å². The van der Waals surface area contributed by atoms with Crippen LogP contribution in [0.1, 0.15) is 12.5 Å². The molecule has 0 bridgehead atoms. The number of hydrogen-bond acceptors (Lipinski definition) is 6. The second-order valence-electron chi connectivity index (χ2n) is 6.38. The number of nitrogens with one attached hydrogen (secondary N) is 1. The number of fused-ring (bicyclic) bond motifs is 1. The zero-order valence-corrected chi connectivity index (χ0v) is 16.7. The summed E-state index contributed by atoms with van der Waals surface area (Å²) in [6.07, 6.45) is 2.19. The highest BCUT2D eigenvalue weighted by Crippen LogP contribution is 2.25. The summed E-state index contributed by atoms with van der Waals surface area (Å²) in [5, 5.41) is 2.83. The van der Waals surface area contributed by atoms with Gasteiger partial charge in [-0.2, -0.15) is 0 Å². The monoisotopic (exact) mass is 398 g/mol. The minimum Gasteiger partial charge on any atom is -0.497 e. The number of nitrogens with zero attached hydrogens (tertiary/aromatic N) is 3. The number of benzene rings is 1. The lowest BCUT2D eigenvalue weighted by Gasteiger charge is -2.14. The van der Waals surface area contributed by atoms with Crippen molar-refractivity contribution in [2.24, 2.45) is 7.05 Å². The van der Waals surface area contributed by atoms with E-state index in [1.165, 1.54) is 25.8 Å². The van der Waals surface area contributed by atoms with Crippen LogP contribution in [0.2, 0.25) is 0 Å². The first kappa shape index (κ1) is 20.1. The van der Waals surface area contributed by atoms with Gasteiger partial charge in [0.25, 0.3) is 5.56 Å². The van der Waals surface area contributed by atoms with Gasteiger partial charge in [0, 0.05) is 30.6 Å². The third-order valence-corrected chi connectivity index (χ3v) is 4.62. The van der Waals surface area contributed by atoms with E-state index in [2.05, 4.69) is 10.3 Å². The van der Waals surface area contributed by atoms with E-state index in [1.807, 2.05) is 6.92 Å². The van der Waals surface area contributed by atoms with Gasteiger partial charge in [-0.25, -0.2) is 14.3 Å². The zero-order valence-electron chi connectivity index (χ0n) is 16.7. The molecule has 152 valence electrons. The lowest BCUT2D eigenvalue weighted by atomic mass is 10.1. The van der Waals surface area contributed by atoms with Crippen LogP contribution < -0.4 is 26.0 Å². The number of aromatic nitrogens is 3. The summed E-state index contributed by atoms with van der Waals surface area (Å²) in [6, 6.07) is 6.78. The number of rotatable bonds is 6. The van der Waals surface area contributed by atoms with Gasteiger partial charge in [0.1, 0.15) is 23.4 Å². The number of amides is 1. The smallest absolute Gasteiger partial charge is 0.332 e. The predicted octanol–water partition coefficient (Wildman–Crippen LogP) is 1.31. The van der Waals surface area contributed by atoms with Gasteiger partial charge in [-0.3, -0.25) is 14.2 Å². The third-order valence-electron chi connectivity index (χ3n) is 4.62. The van der Waals surface area contributed by atoms with Crippen molar-refractivity contribution in [2.75, 3.05) is 19.5 Å². The van der Waals surface area contributed by atoms with Crippen molar-refractivity contribution < 1.29 is 14.3 Å². The molecule has 2 aromatic heterocycles. The molecule has 1 amide bonds. The third kappa shape index (κ3) is 3.71. The second-order valence-corrected chi connectivity index (χ2v) is 6.38. The van der Waals surface area contributed by atoms with Crippen LogP contribution in [0.15, 0.2) is 40.1 Å². The first-order valence-corrected chi connectivity index (χ1v) is 9.00. The van der Waals surface area contributed by atoms with Crippen molar-refractivity contribution in [3.63, 3.8) is 0 Å². The number of anilines is 1. The fourth-order valence-corrected chi connectivity index (χ4v) is 3.13. The Bertz CT molecular complexity index is 1200. The van der Waals surface area contributed by atoms with Crippen molar-refractivity contribution in [1.29, 1.82) is 0 Å². The molecule has 3 rings (SSSR count). The molecule has 0 atom stereocenters. The number of pyridine rings is 1. The number of carbonyl (C=O) groups is 1. The molecule has 0 fully saturated rings. The molecular formula is C20H22N4O5. The van der Waals surface area contributed by atoms with Crippen LogP contribution in [0, 0.1) is 0 Å². The van der Waals surface area contributed by atoms with Crippen LogP contribution >= 0.6 is 0 Å². The van der Waals surface area contributed by atoms with E-state index in [9.17, 15) is 14.4 Å². The first-order chi connectivity index (χ1) is 13.9. The number of hydrogen-bond donors (Lipinski definition) is 1. The van der Waals surface area contributed by atoms with Crippen molar-refractivity contribution in [1.82, 2.24) is 14.1 Å². The summed E-state index contributed by atoms with van der Waals surface area (Å²) in [4.78, 5) is 42.5. The molecule has 1 N–H and O–H groups in total. The average Bonchev–Trinajstić information content (AvgIpc) is 2.74. The van der Waals surface area contributed by atoms with Crippen molar-refractivity contribution >= 4 is 22.6 Å². The minimum atomic E-state index is -0.637. The minimum absolute atomic E-state index is 0.170.